The summed E-state index contributed by atoms with van der Waals surface area (Å²) in [5.41, 5.74) is 6.50. The van der Waals surface area contributed by atoms with Gasteiger partial charge in [-0.3, -0.25) is 0 Å². The highest BCUT2D eigenvalue weighted by atomic mass is 32.1. The molecule has 0 atom stereocenters. The third kappa shape index (κ3) is 1.71. The molecule has 3 nitrogen and oxygen atoms in total. The van der Waals surface area contributed by atoms with Crippen molar-refractivity contribution in [1.29, 1.82) is 0 Å². The molecule has 0 bridgehead atoms. The zero-order valence-corrected chi connectivity index (χ0v) is 8.80. The van der Waals surface area contributed by atoms with Crippen LogP contribution in [0, 0.1) is 0 Å². The topological polar surface area (TPSA) is 48.1 Å². The van der Waals surface area contributed by atoms with E-state index in [1.807, 2.05) is 25.1 Å². The lowest BCUT2D eigenvalue weighted by Crippen LogP contribution is -1.94. The Balaban J connectivity index is 2.43. The number of thiazole rings is 1. The lowest BCUT2D eigenvalue weighted by atomic mass is 10.3. The number of aromatic nitrogens is 1. The molecule has 2 N–H and O–H groups in total. The van der Waals surface area contributed by atoms with E-state index in [1.165, 1.54) is 0 Å². The van der Waals surface area contributed by atoms with Gasteiger partial charge in [-0.25, -0.2) is 4.98 Å². The Morgan fingerprint density at radius 2 is 2.36 bits per heavy atom. The summed E-state index contributed by atoms with van der Waals surface area (Å²) >= 11 is 1.63. The molecule has 1 heterocycles. The molecule has 0 aliphatic rings. The molecule has 0 aliphatic heterocycles. The van der Waals surface area contributed by atoms with E-state index < -0.39 is 0 Å². The number of ether oxygens (including phenoxy) is 1. The molecule has 0 unspecified atom stereocenters. The number of hydrogen-bond acceptors (Lipinski definition) is 4. The summed E-state index contributed by atoms with van der Waals surface area (Å²) in [6.07, 6.45) is 0. The van der Waals surface area contributed by atoms with E-state index in [9.17, 15) is 0 Å². The summed E-state index contributed by atoms with van der Waals surface area (Å²) in [4.78, 5) is 4.39. The van der Waals surface area contributed by atoms with E-state index in [0.717, 1.165) is 21.0 Å². The quantitative estimate of drug-likeness (QED) is 0.840. The fourth-order valence-electron chi connectivity index (χ4n) is 1.30. The smallest absolute Gasteiger partial charge is 0.121 e. The molecule has 1 aromatic carbocycles. The summed E-state index contributed by atoms with van der Waals surface area (Å²) in [5, 5.41) is 0.966. The summed E-state index contributed by atoms with van der Waals surface area (Å²) in [5.74, 6) is 0.869. The Hall–Kier alpha value is -1.13. The van der Waals surface area contributed by atoms with Crippen LogP contribution in [0.4, 0.5) is 0 Å². The third-order valence-electron chi connectivity index (χ3n) is 1.89. The molecule has 0 fully saturated rings. The van der Waals surface area contributed by atoms with E-state index in [4.69, 9.17) is 10.5 Å². The van der Waals surface area contributed by atoms with Crippen LogP contribution in [0.15, 0.2) is 18.2 Å². The second-order valence-electron chi connectivity index (χ2n) is 2.87. The van der Waals surface area contributed by atoms with Gasteiger partial charge in [-0.15, -0.1) is 11.3 Å². The first kappa shape index (κ1) is 9.43. The molecule has 14 heavy (non-hydrogen) atoms. The molecule has 1 aromatic heterocycles. The fourth-order valence-corrected chi connectivity index (χ4v) is 2.13. The van der Waals surface area contributed by atoms with Gasteiger partial charge in [-0.2, -0.15) is 0 Å². The lowest BCUT2D eigenvalue weighted by Gasteiger charge is -2.00. The van der Waals surface area contributed by atoms with Crippen LogP contribution in [0.1, 0.15) is 11.9 Å². The van der Waals surface area contributed by atoms with E-state index in [-0.39, 0.29) is 0 Å². The van der Waals surface area contributed by atoms with E-state index in [0.29, 0.717) is 13.2 Å². The largest absolute Gasteiger partial charge is 0.494 e. The Labute approximate surface area is 86.5 Å². The Bertz CT molecular complexity index is 439. The van der Waals surface area contributed by atoms with Crippen molar-refractivity contribution in [2.75, 3.05) is 6.61 Å². The molecule has 0 amide bonds. The Kier molecular flexibility index (Phi) is 2.65. The normalized spacial score (nSPS) is 10.7. The van der Waals surface area contributed by atoms with Gasteiger partial charge in [0.1, 0.15) is 10.8 Å². The van der Waals surface area contributed by atoms with E-state index in [1.54, 1.807) is 11.3 Å². The van der Waals surface area contributed by atoms with Gasteiger partial charge in [-0.1, -0.05) is 0 Å². The van der Waals surface area contributed by atoms with E-state index >= 15 is 0 Å². The highest BCUT2D eigenvalue weighted by Gasteiger charge is 2.03. The average Bonchev–Trinajstić information content (AvgIpc) is 2.60. The van der Waals surface area contributed by atoms with Gasteiger partial charge < -0.3 is 10.5 Å². The summed E-state index contributed by atoms with van der Waals surface area (Å²) in [6.45, 7) is 3.15. The van der Waals surface area contributed by atoms with Crippen LogP contribution < -0.4 is 10.5 Å². The number of fused-ring (bicyclic) bond motifs is 1. The number of rotatable bonds is 3. The first-order valence-corrected chi connectivity index (χ1v) is 5.37. The predicted octanol–water partition coefficient (Wildman–Crippen LogP) is 2.15. The molecule has 0 saturated heterocycles. The number of nitrogens with two attached hydrogens (primary N) is 1. The zero-order valence-electron chi connectivity index (χ0n) is 7.99. The molecule has 0 saturated carbocycles. The maximum Gasteiger partial charge on any atom is 0.121 e. The van der Waals surface area contributed by atoms with Crippen molar-refractivity contribution in [1.82, 2.24) is 4.98 Å². The molecule has 74 valence electrons. The Morgan fingerprint density at radius 1 is 1.50 bits per heavy atom. The molecular weight excluding hydrogens is 196 g/mol. The molecule has 0 radical (unpaired) electrons. The van der Waals surface area contributed by atoms with Gasteiger partial charge in [0, 0.05) is 12.6 Å². The molecule has 2 aromatic rings. The van der Waals surface area contributed by atoms with Crippen LogP contribution in [0.5, 0.6) is 5.75 Å². The van der Waals surface area contributed by atoms with Crippen molar-refractivity contribution in [3.63, 3.8) is 0 Å². The van der Waals surface area contributed by atoms with Crippen molar-refractivity contribution < 1.29 is 4.74 Å². The molecule has 2 rings (SSSR count). The van der Waals surface area contributed by atoms with Crippen LogP contribution in [0.3, 0.4) is 0 Å². The highest BCUT2D eigenvalue weighted by Crippen LogP contribution is 2.25. The first-order valence-electron chi connectivity index (χ1n) is 4.56. The van der Waals surface area contributed by atoms with Crippen molar-refractivity contribution in [3.05, 3.63) is 23.2 Å². The molecule has 0 aliphatic carbocycles. The number of benzene rings is 1. The second-order valence-corrected chi connectivity index (χ2v) is 3.99. The maximum absolute atomic E-state index is 5.53. The number of hydrogen-bond donors (Lipinski definition) is 1. The summed E-state index contributed by atoms with van der Waals surface area (Å²) in [6, 6.07) is 5.94. The third-order valence-corrected chi connectivity index (χ3v) is 2.95. The second kappa shape index (κ2) is 3.94. The van der Waals surface area contributed by atoms with Gasteiger partial charge in [0.2, 0.25) is 0 Å². The number of nitrogens with zero attached hydrogens (tertiary/aromatic N) is 1. The fraction of sp³-hybridized carbons (Fsp3) is 0.300. The lowest BCUT2D eigenvalue weighted by molar-refractivity contribution is 0.340. The van der Waals surface area contributed by atoms with Crippen LogP contribution in [0.25, 0.3) is 10.2 Å². The van der Waals surface area contributed by atoms with Crippen LogP contribution in [0.2, 0.25) is 0 Å². The molecular formula is C10H12N2OS. The van der Waals surface area contributed by atoms with Gasteiger partial charge in [-0.05, 0) is 19.1 Å². The van der Waals surface area contributed by atoms with Crippen LogP contribution >= 0.6 is 11.3 Å². The monoisotopic (exact) mass is 208 g/mol. The standard InChI is InChI=1S/C10H12N2OS/c1-2-13-7-3-4-9-8(5-7)12-10(6-11)14-9/h3-5H,2,6,11H2,1H3. The van der Waals surface area contributed by atoms with Gasteiger partial charge in [0.15, 0.2) is 0 Å². The highest BCUT2D eigenvalue weighted by molar-refractivity contribution is 7.18. The van der Waals surface area contributed by atoms with Gasteiger partial charge >= 0.3 is 0 Å². The first-order chi connectivity index (χ1) is 6.83. The predicted molar refractivity (Wildman–Crippen MR) is 58.7 cm³/mol. The minimum atomic E-state index is 0.503. The van der Waals surface area contributed by atoms with Gasteiger partial charge in [0.05, 0.1) is 16.8 Å². The van der Waals surface area contributed by atoms with Crippen molar-refractivity contribution in [3.8, 4) is 5.75 Å². The zero-order chi connectivity index (χ0) is 9.97. The van der Waals surface area contributed by atoms with Crippen molar-refractivity contribution >= 4 is 21.6 Å². The summed E-state index contributed by atoms with van der Waals surface area (Å²) < 4.78 is 6.55. The SMILES string of the molecule is CCOc1ccc2sc(CN)nc2c1. The minimum Gasteiger partial charge on any atom is -0.494 e. The van der Waals surface area contributed by atoms with Gasteiger partial charge in [0.25, 0.3) is 0 Å². The van der Waals surface area contributed by atoms with E-state index in [2.05, 4.69) is 4.98 Å². The Morgan fingerprint density at radius 3 is 3.07 bits per heavy atom. The summed E-state index contributed by atoms with van der Waals surface area (Å²) in [7, 11) is 0. The van der Waals surface area contributed by atoms with Crippen molar-refractivity contribution in [2.24, 2.45) is 5.73 Å². The minimum absolute atomic E-state index is 0.503. The average molecular weight is 208 g/mol. The molecule has 0 spiro atoms. The maximum atomic E-state index is 5.53. The molecule has 4 heteroatoms. The van der Waals surface area contributed by atoms with Crippen molar-refractivity contribution in [2.45, 2.75) is 13.5 Å². The van der Waals surface area contributed by atoms with Crippen LogP contribution in [-0.2, 0) is 6.54 Å². The van der Waals surface area contributed by atoms with Crippen LogP contribution in [-0.4, -0.2) is 11.6 Å².